The van der Waals surface area contributed by atoms with E-state index in [4.69, 9.17) is 10.5 Å². The molecule has 4 nitrogen and oxygen atoms in total. The van der Waals surface area contributed by atoms with E-state index in [1.165, 1.54) is 0 Å². The number of hydrogen-bond acceptors (Lipinski definition) is 4. The third-order valence-electron chi connectivity index (χ3n) is 2.39. The highest BCUT2D eigenvalue weighted by Crippen LogP contribution is 2.19. The first-order chi connectivity index (χ1) is 8.29. The second-order valence-electron chi connectivity index (χ2n) is 3.60. The summed E-state index contributed by atoms with van der Waals surface area (Å²) in [5.74, 6) is 0.810. The Morgan fingerprint density at radius 3 is 2.88 bits per heavy atom. The molecule has 0 aliphatic rings. The van der Waals surface area contributed by atoms with Gasteiger partial charge in [0.25, 0.3) is 0 Å². The lowest BCUT2D eigenvalue weighted by molar-refractivity contribution is 0.302. The van der Waals surface area contributed by atoms with Crippen LogP contribution >= 0.6 is 0 Å². The Labute approximate surface area is 99.7 Å². The highest BCUT2D eigenvalue weighted by molar-refractivity contribution is 5.32. The highest BCUT2D eigenvalue weighted by atomic mass is 16.5. The minimum absolute atomic E-state index is 0.188. The van der Waals surface area contributed by atoms with Crippen LogP contribution < -0.4 is 10.5 Å². The maximum atomic E-state index is 9.30. The molecule has 0 unspecified atom stereocenters. The fraction of sp³-hybridized carbons (Fsp3) is 0.154. The Morgan fingerprint density at radius 2 is 2.12 bits per heavy atom. The van der Waals surface area contributed by atoms with Crippen LogP contribution in [0.3, 0.4) is 0 Å². The van der Waals surface area contributed by atoms with Crippen molar-refractivity contribution in [1.82, 2.24) is 4.98 Å². The van der Waals surface area contributed by atoms with Gasteiger partial charge in [0, 0.05) is 24.4 Å². The van der Waals surface area contributed by atoms with Crippen molar-refractivity contribution in [2.45, 2.75) is 13.2 Å². The lowest BCUT2D eigenvalue weighted by atomic mass is 10.2. The molecule has 0 aliphatic heterocycles. The smallest absolute Gasteiger partial charge is 0.123 e. The van der Waals surface area contributed by atoms with Crippen molar-refractivity contribution in [2.75, 3.05) is 0 Å². The van der Waals surface area contributed by atoms with Gasteiger partial charge in [-0.05, 0) is 18.2 Å². The topological polar surface area (TPSA) is 68.4 Å². The highest BCUT2D eigenvalue weighted by Gasteiger charge is 2.02. The molecule has 1 aromatic carbocycles. The fourth-order valence-electron chi connectivity index (χ4n) is 1.52. The zero-order valence-corrected chi connectivity index (χ0v) is 9.34. The lowest BCUT2D eigenvalue weighted by Crippen LogP contribution is -2.06. The van der Waals surface area contributed by atoms with Gasteiger partial charge in [-0.3, -0.25) is 4.98 Å². The Hall–Kier alpha value is -2.07. The molecule has 3 N–H and O–H groups in total. The van der Waals surface area contributed by atoms with Crippen LogP contribution in [-0.4, -0.2) is 10.1 Å². The Balaban J connectivity index is 2.07. The number of nitrogens with two attached hydrogens (primary N) is 1. The van der Waals surface area contributed by atoms with Crippen LogP contribution in [-0.2, 0) is 13.2 Å². The predicted molar refractivity (Wildman–Crippen MR) is 64.6 cm³/mol. The first-order valence-corrected chi connectivity index (χ1v) is 5.34. The third-order valence-corrected chi connectivity index (χ3v) is 2.39. The SMILES string of the molecule is NCc1ncccc1COc1cccc(O)c1. The molecule has 0 aliphatic carbocycles. The van der Waals surface area contributed by atoms with Crippen molar-refractivity contribution in [3.8, 4) is 11.5 Å². The first kappa shape index (κ1) is 11.4. The van der Waals surface area contributed by atoms with Crippen molar-refractivity contribution in [3.63, 3.8) is 0 Å². The third kappa shape index (κ3) is 2.95. The van der Waals surface area contributed by atoms with Crippen molar-refractivity contribution < 1.29 is 9.84 Å². The number of pyridine rings is 1. The van der Waals surface area contributed by atoms with Gasteiger partial charge in [-0.1, -0.05) is 12.1 Å². The van der Waals surface area contributed by atoms with Gasteiger partial charge in [0.15, 0.2) is 0 Å². The van der Waals surface area contributed by atoms with E-state index >= 15 is 0 Å². The van der Waals surface area contributed by atoms with Gasteiger partial charge < -0.3 is 15.6 Å². The molecule has 2 aromatic rings. The normalized spacial score (nSPS) is 10.2. The molecular weight excluding hydrogens is 216 g/mol. The van der Waals surface area contributed by atoms with Crippen LogP contribution in [0.4, 0.5) is 0 Å². The molecule has 0 bridgehead atoms. The summed E-state index contributed by atoms with van der Waals surface area (Å²) in [5, 5.41) is 9.30. The van der Waals surface area contributed by atoms with Crippen molar-refractivity contribution in [1.29, 1.82) is 0 Å². The van der Waals surface area contributed by atoms with E-state index in [9.17, 15) is 5.11 Å². The van der Waals surface area contributed by atoms with Gasteiger partial charge in [-0.25, -0.2) is 0 Å². The zero-order chi connectivity index (χ0) is 12.1. The Morgan fingerprint density at radius 1 is 1.24 bits per heavy atom. The summed E-state index contributed by atoms with van der Waals surface area (Å²) >= 11 is 0. The number of rotatable bonds is 4. The van der Waals surface area contributed by atoms with Crippen molar-refractivity contribution in [2.24, 2.45) is 5.73 Å². The van der Waals surface area contributed by atoms with Crippen LogP contribution in [0.1, 0.15) is 11.3 Å². The number of nitrogens with zero attached hydrogens (tertiary/aromatic N) is 1. The number of ether oxygens (including phenoxy) is 1. The number of aromatic nitrogens is 1. The van der Waals surface area contributed by atoms with E-state index in [-0.39, 0.29) is 5.75 Å². The average Bonchev–Trinajstić information content (AvgIpc) is 2.37. The molecule has 0 saturated heterocycles. The predicted octanol–water partition coefficient (Wildman–Crippen LogP) is 1.82. The van der Waals surface area contributed by atoms with Crippen LogP contribution in [0, 0.1) is 0 Å². The molecule has 0 radical (unpaired) electrons. The number of aromatic hydroxyl groups is 1. The summed E-state index contributed by atoms with van der Waals surface area (Å²) in [6.45, 7) is 0.781. The molecule has 1 aromatic heterocycles. The van der Waals surface area contributed by atoms with Crippen molar-refractivity contribution in [3.05, 3.63) is 53.9 Å². The van der Waals surface area contributed by atoms with Gasteiger partial charge in [-0.15, -0.1) is 0 Å². The minimum Gasteiger partial charge on any atom is -0.508 e. The van der Waals surface area contributed by atoms with E-state index in [0.717, 1.165) is 11.3 Å². The van der Waals surface area contributed by atoms with E-state index in [1.807, 2.05) is 12.1 Å². The second-order valence-corrected chi connectivity index (χ2v) is 3.60. The van der Waals surface area contributed by atoms with Gasteiger partial charge in [0.2, 0.25) is 0 Å². The summed E-state index contributed by atoms with van der Waals surface area (Å²) in [6, 6.07) is 10.5. The fourth-order valence-corrected chi connectivity index (χ4v) is 1.52. The summed E-state index contributed by atoms with van der Waals surface area (Å²) < 4.78 is 5.56. The molecule has 0 saturated carbocycles. The average molecular weight is 230 g/mol. The van der Waals surface area contributed by atoms with Crippen LogP contribution in [0.15, 0.2) is 42.6 Å². The molecular formula is C13H14N2O2. The standard InChI is InChI=1S/C13H14N2O2/c14-8-13-10(3-2-6-15-13)9-17-12-5-1-4-11(16)7-12/h1-7,16H,8-9,14H2. The summed E-state index contributed by atoms with van der Waals surface area (Å²) in [7, 11) is 0. The number of phenolic OH excluding ortho intramolecular Hbond substituents is 1. The number of hydrogen-bond donors (Lipinski definition) is 2. The maximum absolute atomic E-state index is 9.30. The molecule has 17 heavy (non-hydrogen) atoms. The molecule has 88 valence electrons. The zero-order valence-electron chi connectivity index (χ0n) is 9.34. The van der Waals surface area contributed by atoms with Crippen LogP contribution in [0.2, 0.25) is 0 Å². The molecule has 1 heterocycles. The lowest BCUT2D eigenvalue weighted by Gasteiger charge is -2.09. The Bertz CT molecular complexity index is 500. The van der Waals surface area contributed by atoms with Gasteiger partial charge in [-0.2, -0.15) is 0 Å². The van der Waals surface area contributed by atoms with Gasteiger partial charge in [0.1, 0.15) is 18.1 Å². The van der Waals surface area contributed by atoms with Crippen LogP contribution in [0.25, 0.3) is 0 Å². The summed E-state index contributed by atoms with van der Waals surface area (Å²) in [6.07, 6.45) is 1.71. The first-order valence-electron chi connectivity index (χ1n) is 5.34. The summed E-state index contributed by atoms with van der Waals surface area (Å²) in [5.41, 5.74) is 7.37. The quantitative estimate of drug-likeness (QED) is 0.840. The molecule has 0 amide bonds. The second kappa shape index (κ2) is 5.32. The van der Waals surface area contributed by atoms with Gasteiger partial charge >= 0.3 is 0 Å². The molecule has 0 atom stereocenters. The molecule has 0 spiro atoms. The number of benzene rings is 1. The van der Waals surface area contributed by atoms with Crippen molar-refractivity contribution >= 4 is 0 Å². The van der Waals surface area contributed by atoms with E-state index in [2.05, 4.69) is 4.98 Å². The van der Waals surface area contributed by atoms with Crippen LogP contribution in [0.5, 0.6) is 11.5 Å². The van der Waals surface area contributed by atoms with E-state index in [0.29, 0.717) is 18.9 Å². The molecule has 2 rings (SSSR count). The molecule has 4 heteroatoms. The molecule has 0 fully saturated rings. The number of phenols is 1. The maximum Gasteiger partial charge on any atom is 0.123 e. The largest absolute Gasteiger partial charge is 0.508 e. The Kier molecular flexibility index (Phi) is 3.57. The monoisotopic (exact) mass is 230 g/mol. The van der Waals surface area contributed by atoms with Gasteiger partial charge in [0.05, 0.1) is 5.69 Å². The minimum atomic E-state index is 0.188. The summed E-state index contributed by atoms with van der Waals surface area (Å²) in [4.78, 5) is 4.17. The van der Waals surface area contributed by atoms with E-state index < -0.39 is 0 Å². The van der Waals surface area contributed by atoms with E-state index in [1.54, 1.807) is 30.5 Å².